The number of rotatable bonds is 7. The first-order chi connectivity index (χ1) is 12.6. The topological polar surface area (TPSA) is 81.7 Å². The Bertz CT molecular complexity index is 643. The molecule has 1 saturated heterocycles. The third-order valence-corrected chi connectivity index (χ3v) is 6.49. The average molecular weight is 398 g/mol. The number of thioether (sulfide) groups is 1. The lowest BCUT2D eigenvalue weighted by Gasteiger charge is -2.42. The number of fused-ring (bicyclic) bond motifs is 1. The van der Waals surface area contributed by atoms with Crippen LogP contribution in [0.1, 0.15) is 24.8 Å². The molecule has 8 heteroatoms. The lowest BCUT2D eigenvalue weighted by molar-refractivity contribution is -0.118. The van der Waals surface area contributed by atoms with E-state index in [1.807, 2.05) is 12.1 Å². The van der Waals surface area contributed by atoms with Crippen LogP contribution in [0.2, 0.25) is 5.02 Å². The summed E-state index contributed by atoms with van der Waals surface area (Å²) in [5.41, 5.74) is 0.995. The van der Waals surface area contributed by atoms with Gasteiger partial charge in [0, 0.05) is 30.1 Å². The van der Waals surface area contributed by atoms with Crippen LogP contribution in [0.5, 0.6) is 0 Å². The second kappa shape index (κ2) is 8.97. The smallest absolute Gasteiger partial charge is 0.318 e. The number of carbonyl (C=O) groups excluding carboxylic acids is 2. The van der Waals surface area contributed by atoms with Crippen molar-refractivity contribution in [2.75, 3.05) is 18.9 Å². The average Bonchev–Trinajstić information content (AvgIpc) is 3.12. The molecule has 1 aromatic carbocycles. The molecule has 1 saturated carbocycles. The SMILES string of the molecule is O=C(CSC1NC(=O)N(CCO)C2CCCC12)NCc1ccc(Cl)cc1. The molecule has 6 nitrogen and oxygen atoms in total. The molecule has 142 valence electrons. The number of nitrogens with zero attached hydrogens (tertiary/aromatic N) is 1. The largest absolute Gasteiger partial charge is 0.395 e. The lowest BCUT2D eigenvalue weighted by atomic mass is 9.99. The fraction of sp³-hybridized carbons (Fsp3) is 0.556. The van der Waals surface area contributed by atoms with Gasteiger partial charge in [-0.1, -0.05) is 30.2 Å². The predicted molar refractivity (Wildman–Crippen MR) is 103 cm³/mol. The quantitative estimate of drug-likeness (QED) is 0.658. The molecule has 2 fully saturated rings. The molecule has 0 spiro atoms. The minimum absolute atomic E-state index is 0.0262. The maximum atomic E-state index is 12.3. The first kappa shape index (κ1) is 19.3. The summed E-state index contributed by atoms with van der Waals surface area (Å²) in [4.78, 5) is 26.2. The van der Waals surface area contributed by atoms with Gasteiger partial charge < -0.3 is 20.6 Å². The fourth-order valence-corrected chi connectivity index (χ4v) is 5.04. The molecule has 3 atom stereocenters. The number of urea groups is 1. The Morgan fingerprint density at radius 1 is 1.35 bits per heavy atom. The van der Waals surface area contributed by atoms with Crippen LogP contribution in [0.15, 0.2) is 24.3 Å². The predicted octanol–water partition coefficient (Wildman–Crippen LogP) is 2.20. The normalized spacial score (nSPS) is 24.9. The maximum absolute atomic E-state index is 12.3. The number of benzene rings is 1. The van der Waals surface area contributed by atoms with Crippen LogP contribution in [0, 0.1) is 5.92 Å². The third kappa shape index (κ3) is 4.64. The molecule has 26 heavy (non-hydrogen) atoms. The molecule has 3 N–H and O–H groups in total. The van der Waals surface area contributed by atoms with Gasteiger partial charge >= 0.3 is 6.03 Å². The van der Waals surface area contributed by atoms with Crippen LogP contribution in [0.4, 0.5) is 4.79 Å². The van der Waals surface area contributed by atoms with E-state index in [0.717, 1.165) is 24.8 Å². The molecular weight excluding hydrogens is 374 g/mol. The van der Waals surface area contributed by atoms with Crippen LogP contribution < -0.4 is 10.6 Å². The molecule has 2 aliphatic rings. The summed E-state index contributed by atoms with van der Waals surface area (Å²) in [5, 5.41) is 15.7. The third-order valence-electron chi connectivity index (χ3n) is 4.99. The van der Waals surface area contributed by atoms with Gasteiger partial charge in [0.25, 0.3) is 0 Å². The van der Waals surface area contributed by atoms with E-state index in [4.69, 9.17) is 11.6 Å². The lowest BCUT2D eigenvalue weighted by Crippen LogP contribution is -2.60. The van der Waals surface area contributed by atoms with E-state index in [1.165, 1.54) is 11.8 Å². The van der Waals surface area contributed by atoms with Gasteiger partial charge in [0.05, 0.1) is 17.7 Å². The van der Waals surface area contributed by atoms with Crippen molar-refractivity contribution in [2.24, 2.45) is 5.92 Å². The van der Waals surface area contributed by atoms with Gasteiger partial charge in [-0.3, -0.25) is 4.79 Å². The molecule has 0 radical (unpaired) electrons. The highest BCUT2D eigenvalue weighted by atomic mass is 35.5. The molecular formula is C18H24ClN3O3S. The van der Waals surface area contributed by atoms with E-state index >= 15 is 0 Å². The van der Waals surface area contributed by atoms with Crippen molar-refractivity contribution in [3.63, 3.8) is 0 Å². The zero-order valence-corrected chi connectivity index (χ0v) is 16.1. The summed E-state index contributed by atoms with van der Waals surface area (Å²) in [6, 6.07) is 7.40. The number of halogens is 1. The first-order valence-corrected chi connectivity index (χ1v) is 10.3. The number of aliphatic hydroxyl groups excluding tert-OH is 1. The Kier molecular flexibility index (Phi) is 6.67. The van der Waals surface area contributed by atoms with Gasteiger partial charge in [0.2, 0.25) is 5.91 Å². The summed E-state index contributed by atoms with van der Waals surface area (Å²) >= 11 is 7.34. The van der Waals surface area contributed by atoms with Gasteiger partial charge in [0.1, 0.15) is 0 Å². The molecule has 1 aliphatic carbocycles. The van der Waals surface area contributed by atoms with Crippen molar-refractivity contribution in [3.8, 4) is 0 Å². The maximum Gasteiger partial charge on any atom is 0.318 e. The highest BCUT2D eigenvalue weighted by molar-refractivity contribution is 8.00. The zero-order valence-electron chi connectivity index (χ0n) is 14.5. The highest BCUT2D eigenvalue weighted by Crippen LogP contribution is 2.38. The van der Waals surface area contributed by atoms with Gasteiger partial charge in [-0.2, -0.15) is 0 Å². The number of aliphatic hydroxyl groups is 1. The van der Waals surface area contributed by atoms with Crippen LogP contribution >= 0.6 is 23.4 Å². The summed E-state index contributed by atoms with van der Waals surface area (Å²) in [5.74, 6) is 0.585. The number of hydrogen-bond donors (Lipinski definition) is 3. The second-order valence-electron chi connectivity index (χ2n) is 6.66. The van der Waals surface area contributed by atoms with Crippen molar-refractivity contribution in [1.29, 1.82) is 0 Å². The Hall–Kier alpha value is -1.44. The molecule has 3 rings (SSSR count). The minimum atomic E-state index is -0.138. The van der Waals surface area contributed by atoms with E-state index in [1.54, 1.807) is 17.0 Å². The Morgan fingerprint density at radius 3 is 2.85 bits per heavy atom. The summed E-state index contributed by atoms with van der Waals surface area (Å²) in [6.07, 6.45) is 3.08. The minimum Gasteiger partial charge on any atom is -0.395 e. The monoisotopic (exact) mass is 397 g/mol. The van der Waals surface area contributed by atoms with Gasteiger partial charge in [-0.05, 0) is 30.5 Å². The second-order valence-corrected chi connectivity index (χ2v) is 8.23. The van der Waals surface area contributed by atoms with E-state index in [2.05, 4.69) is 10.6 Å². The molecule has 0 aromatic heterocycles. The molecule has 1 heterocycles. The van der Waals surface area contributed by atoms with Crippen molar-refractivity contribution < 1.29 is 14.7 Å². The first-order valence-electron chi connectivity index (χ1n) is 8.89. The van der Waals surface area contributed by atoms with Crippen molar-refractivity contribution in [1.82, 2.24) is 15.5 Å². The van der Waals surface area contributed by atoms with Gasteiger partial charge in [0.15, 0.2) is 0 Å². The van der Waals surface area contributed by atoms with Crippen molar-refractivity contribution >= 4 is 35.3 Å². The Labute approximate surface area is 162 Å². The van der Waals surface area contributed by atoms with Crippen LogP contribution in [0.25, 0.3) is 0 Å². The van der Waals surface area contributed by atoms with Crippen molar-refractivity contribution in [3.05, 3.63) is 34.9 Å². The standard InChI is InChI=1S/C18H24ClN3O3S/c19-13-6-4-12(5-7-13)10-20-16(24)11-26-17-14-2-1-3-15(14)22(8-9-23)18(25)21-17/h4-7,14-15,17,23H,1-3,8-11H2,(H,20,24)(H,21,25). The molecule has 3 unspecified atom stereocenters. The Morgan fingerprint density at radius 2 is 2.12 bits per heavy atom. The van der Waals surface area contributed by atoms with E-state index in [-0.39, 0.29) is 30.0 Å². The van der Waals surface area contributed by atoms with E-state index in [9.17, 15) is 14.7 Å². The van der Waals surface area contributed by atoms with Crippen LogP contribution in [0.3, 0.4) is 0 Å². The zero-order chi connectivity index (χ0) is 18.5. The van der Waals surface area contributed by atoms with Crippen molar-refractivity contribution in [2.45, 2.75) is 37.2 Å². The number of nitrogens with one attached hydrogen (secondary N) is 2. The van der Waals surface area contributed by atoms with E-state index < -0.39 is 0 Å². The number of carbonyl (C=O) groups is 2. The van der Waals surface area contributed by atoms with Gasteiger partial charge in [-0.15, -0.1) is 11.8 Å². The number of hydrogen-bond acceptors (Lipinski definition) is 4. The Balaban J connectivity index is 1.48. The molecule has 1 aromatic rings. The number of amides is 3. The molecule has 1 aliphatic heterocycles. The summed E-state index contributed by atoms with van der Waals surface area (Å²) in [6.45, 7) is 0.803. The van der Waals surface area contributed by atoms with E-state index in [0.29, 0.717) is 29.8 Å². The van der Waals surface area contributed by atoms with Gasteiger partial charge in [-0.25, -0.2) is 4.79 Å². The number of β-amino-alcohol motifs (C(OH)–C–C–N with tert-alkyl or cyclic N) is 1. The fourth-order valence-electron chi connectivity index (χ4n) is 3.73. The summed E-state index contributed by atoms with van der Waals surface area (Å²) in [7, 11) is 0. The van der Waals surface area contributed by atoms with Crippen LogP contribution in [-0.4, -0.2) is 52.3 Å². The van der Waals surface area contributed by atoms with Crippen LogP contribution in [-0.2, 0) is 11.3 Å². The molecule has 3 amide bonds. The highest BCUT2D eigenvalue weighted by Gasteiger charge is 2.44. The summed E-state index contributed by atoms with van der Waals surface area (Å²) < 4.78 is 0. The molecule has 0 bridgehead atoms.